The predicted octanol–water partition coefficient (Wildman–Crippen LogP) is 3.67. The Bertz CT molecular complexity index is 977. The molecule has 0 fully saturated rings. The minimum absolute atomic E-state index is 0.0754. The van der Waals surface area contributed by atoms with Gasteiger partial charge >= 0.3 is 0 Å². The Kier molecular flexibility index (Phi) is 2.65. The highest BCUT2D eigenvalue weighted by Gasteiger charge is 2.30. The Morgan fingerprint density at radius 2 is 2.00 bits per heavy atom. The smallest absolute Gasteiger partial charge is 0.296 e. The van der Waals surface area contributed by atoms with Gasteiger partial charge in [-0.15, -0.1) is 0 Å². The lowest BCUT2D eigenvalue weighted by Crippen LogP contribution is -2.25. The lowest BCUT2D eigenvalue weighted by Gasteiger charge is -2.16. The van der Waals surface area contributed by atoms with Crippen LogP contribution in [0.4, 0.5) is 22.7 Å². The zero-order chi connectivity index (χ0) is 16.1. The van der Waals surface area contributed by atoms with Crippen LogP contribution >= 0.6 is 0 Å². The fourth-order valence-corrected chi connectivity index (χ4v) is 2.73. The summed E-state index contributed by atoms with van der Waals surface area (Å²) in [6.45, 7) is 0. The zero-order valence-corrected chi connectivity index (χ0v) is 12.1. The maximum atomic E-state index is 12.7. The molecule has 0 spiro atoms. The Morgan fingerprint density at radius 1 is 1.22 bits per heavy atom. The number of fused-ring (bicyclic) bond motifs is 4. The van der Waals surface area contributed by atoms with Crippen LogP contribution in [0.5, 0.6) is 0 Å². The summed E-state index contributed by atoms with van der Waals surface area (Å²) in [5, 5.41) is 14.9. The van der Waals surface area contributed by atoms with Gasteiger partial charge in [0.15, 0.2) is 0 Å². The van der Waals surface area contributed by atoms with Gasteiger partial charge in [0.1, 0.15) is 5.58 Å². The monoisotopic (exact) mass is 309 g/mol. The molecule has 0 radical (unpaired) electrons. The van der Waals surface area contributed by atoms with Crippen LogP contribution in [-0.2, 0) is 0 Å². The zero-order valence-electron chi connectivity index (χ0n) is 12.1. The van der Waals surface area contributed by atoms with Crippen molar-refractivity contribution in [1.29, 1.82) is 0 Å². The van der Waals surface area contributed by atoms with Gasteiger partial charge in [0, 0.05) is 24.6 Å². The van der Waals surface area contributed by atoms with Crippen molar-refractivity contribution in [3.05, 3.63) is 58.3 Å². The standard InChI is InChI=1S/C16H11N3O4/c1-18-12-8-9(19(21)22)6-7-11(12)17-14-10-4-2-3-5-13(10)23-15(14)16(18)20/h2-8,17H,1H3. The van der Waals surface area contributed by atoms with Crippen molar-refractivity contribution >= 4 is 39.6 Å². The summed E-state index contributed by atoms with van der Waals surface area (Å²) in [5.74, 6) is -0.171. The second-order valence-corrected chi connectivity index (χ2v) is 5.25. The molecule has 23 heavy (non-hydrogen) atoms. The number of amides is 1. The van der Waals surface area contributed by atoms with Crippen molar-refractivity contribution in [2.45, 2.75) is 0 Å². The number of nitrogens with zero attached hydrogens (tertiary/aromatic N) is 2. The van der Waals surface area contributed by atoms with Gasteiger partial charge in [-0.25, -0.2) is 0 Å². The SMILES string of the molecule is CN1C(=O)c2oc3ccccc3c2Nc2ccc([N+](=O)[O-])cc21. The van der Waals surface area contributed by atoms with Crippen molar-refractivity contribution < 1.29 is 14.1 Å². The molecule has 1 aliphatic heterocycles. The van der Waals surface area contributed by atoms with E-state index in [2.05, 4.69) is 5.32 Å². The Labute approximate surface area is 130 Å². The van der Waals surface area contributed by atoms with E-state index < -0.39 is 4.92 Å². The molecule has 0 aliphatic carbocycles. The number of carbonyl (C=O) groups excluding carboxylic acids is 1. The Balaban J connectivity index is 1.96. The van der Waals surface area contributed by atoms with Crippen LogP contribution in [0.15, 0.2) is 46.9 Å². The number of rotatable bonds is 1. The number of nitro groups is 1. The van der Waals surface area contributed by atoms with Crippen molar-refractivity contribution in [3.63, 3.8) is 0 Å². The van der Waals surface area contributed by atoms with Crippen molar-refractivity contribution in [2.75, 3.05) is 17.3 Å². The maximum absolute atomic E-state index is 12.7. The predicted molar refractivity (Wildman–Crippen MR) is 85.3 cm³/mol. The van der Waals surface area contributed by atoms with Crippen molar-refractivity contribution in [2.24, 2.45) is 0 Å². The molecule has 4 rings (SSSR count). The highest BCUT2D eigenvalue weighted by molar-refractivity contribution is 6.16. The molecule has 1 aliphatic rings. The molecule has 1 aromatic heterocycles. The molecule has 1 amide bonds. The minimum atomic E-state index is -0.490. The van der Waals surface area contributed by atoms with Crippen LogP contribution in [0.2, 0.25) is 0 Å². The summed E-state index contributed by atoms with van der Waals surface area (Å²) in [4.78, 5) is 24.5. The van der Waals surface area contributed by atoms with Gasteiger partial charge in [-0.2, -0.15) is 0 Å². The largest absolute Gasteiger partial charge is 0.449 e. The van der Waals surface area contributed by atoms with E-state index >= 15 is 0 Å². The third kappa shape index (κ3) is 1.87. The molecule has 1 N–H and O–H groups in total. The fourth-order valence-electron chi connectivity index (χ4n) is 2.73. The first-order valence-electron chi connectivity index (χ1n) is 6.91. The number of non-ortho nitro benzene ring substituents is 1. The Hall–Kier alpha value is -3.35. The second kappa shape index (κ2) is 4.57. The summed E-state index contributed by atoms with van der Waals surface area (Å²) in [7, 11) is 1.56. The first-order chi connectivity index (χ1) is 11.1. The van der Waals surface area contributed by atoms with Gasteiger partial charge in [-0.3, -0.25) is 14.9 Å². The third-order valence-electron chi connectivity index (χ3n) is 3.91. The highest BCUT2D eigenvalue weighted by atomic mass is 16.6. The number of hydrogen-bond acceptors (Lipinski definition) is 5. The topological polar surface area (TPSA) is 88.6 Å². The molecule has 0 bridgehead atoms. The summed E-state index contributed by atoms with van der Waals surface area (Å²) in [6.07, 6.45) is 0. The summed E-state index contributed by atoms with van der Waals surface area (Å²) in [5.41, 5.74) is 2.15. The number of para-hydroxylation sites is 1. The average Bonchev–Trinajstić information content (AvgIpc) is 2.88. The van der Waals surface area contributed by atoms with Crippen LogP contribution in [0, 0.1) is 10.1 Å². The highest BCUT2D eigenvalue weighted by Crippen LogP contribution is 2.41. The number of benzene rings is 2. The number of hydrogen-bond donors (Lipinski definition) is 1. The van der Waals surface area contributed by atoms with Crippen LogP contribution in [0.1, 0.15) is 10.6 Å². The molecule has 0 atom stereocenters. The van der Waals surface area contributed by atoms with E-state index in [0.29, 0.717) is 22.6 Å². The molecule has 114 valence electrons. The molecule has 0 unspecified atom stereocenters. The third-order valence-corrected chi connectivity index (χ3v) is 3.91. The quantitative estimate of drug-likeness (QED) is 0.547. The van der Waals surface area contributed by atoms with Gasteiger partial charge in [-0.1, -0.05) is 12.1 Å². The molecular weight excluding hydrogens is 298 g/mol. The van der Waals surface area contributed by atoms with E-state index in [0.717, 1.165) is 5.39 Å². The number of anilines is 3. The summed E-state index contributed by atoms with van der Waals surface area (Å²) < 4.78 is 5.67. The van der Waals surface area contributed by atoms with Gasteiger partial charge < -0.3 is 14.6 Å². The lowest BCUT2D eigenvalue weighted by molar-refractivity contribution is -0.384. The normalized spacial score (nSPS) is 13.3. The molecule has 2 heterocycles. The molecule has 7 heteroatoms. The second-order valence-electron chi connectivity index (χ2n) is 5.25. The van der Waals surface area contributed by atoms with Crippen molar-refractivity contribution in [3.8, 4) is 0 Å². The van der Waals surface area contributed by atoms with E-state index in [9.17, 15) is 14.9 Å². The molecule has 0 saturated heterocycles. The fraction of sp³-hybridized carbons (Fsp3) is 0.0625. The summed E-state index contributed by atoms with van der Waals surface area (Å²) >= 11 is 0. The first-order valence-corrected chi connectivity index (χ1v) is 6.91. The molecule has 2 aromatic carbocycles. The van der Waals surface area contributed by atoms with E-state index in [1.807, 2.05) is 18.2 Å². The number of carbonyl (C=O) groups is 1. The van der Waals surface area contributed by atoms with E-state index in [1.165, 1.54) is 17.0 Å². The van der Waals surface area contributed by atoms with Crippen LogP contribution in [0.25, 0.3) is 11.0 Å². The molecule has 0 saturated carbocycles. The maximum Gasteiger partial charge on any atom is 0.296 e. The molecule has 7 nitrogen and oxygen atoms in total. The number of furan rings is 1. The Morgan fingerprint density at radius 3 is 2.78 bits per heavy atom. The number of nitrogens with one attached hydrogen (secondary N) is 1. The van der Waals surface area contributed by atoms with E-state index in [-0.39, 0.29) is 17.4 Å². The van der Waals surface area contributed by atoms with E-state index in [1.54, 1.807) is 19.2 Å². The van der Waals surface area contributed by atoms with Crippen molar-refractivity contribution in [1.82, 2.24) is 0 Å². The van der Waals surface area contributed by atoms with Crippen LogP contribution in [0.3, 0.4) is 0 Å². The summed E-state index contributed by atoms with van der Waals surface area (Å²) in [6, 6.07) is 11.7. The van der Waals surface area contributed by atoms with Gasteiger partial charge in [0.25, 0.3) is 11.6 Å². The molecular formula is C16H11N3O4. The van der Waals surface area contributed by atoms with Gasteiger partial charge in [0.2, 0.25) is 5.76 Å². The average molecular weight is 309 g/mol. The van der Waals surface area contributed by atoms with Gasteiger partial charge in [-0.05, 0) is 18.2 Å². The van der Waals surface area contributed by atoms with Crippen LogP contribution < -0.4 is 10.2 Å². The minimum Gasteiger partial charge on any atom is -0.449 e. The van der Waals surface area contributed by atoms with E-state index in [4.69, 9.17) is 4.42 Å². The lowest BCUT2D eigenvalue weighted by atomic mass is 10.2. The first kappa shape index (κ1) is 13.3. The molecule has 3 aromatic rings. The van der Waals surface area contributed by atoms with Gasteiger partial charge in [0.05, 0.1) is 22.0 Å². The number of nitro benzene ring substituents is 1. The van der Waals surface area contributed by atoms with Crippen LogP contribution in [-0.4, -0.2) is 17.9 Å².